The van der Waals surface area contributed by atoms with Crippen molar-refractivity contribution in [2.24, 2.45) is 11.3 Å². The van der Waals surface area contributed by atoms with Crippen molar-refractivity contribution < 1.29 is 14.7 Å². The number of carboxylic acids is 1. The van der Waals surface area contributed by atoms with Crippen LogP contribution in [0.3, 0.4) is 0 Å². The average Bonchev–Trinajstić information content (AvgIpc) is 2.38. The van der Waals surface area contributed by atoms with E-state index < -0.39 is 11.4 Å². The number of carbonyl (C=O) groups excluding carboxylic acids is 1. The van der Waals surface area contributed by atoms with Crippen LogP contribution in [-0.2, 0) is 9.59 Å². The minimum Gasteiger partial charge on any atom is -0.481 e. The normalized spacial score (nSPS) is 23.8. The van der Waals surface area contributed by atoms with Gasteiger partial charge < -0.3 is 10.4 Å². The Labute approximate surface area is 121 Å². The van der Waals surface area contributed by atoms with Crippen molar-refractivity contribution in [2.75, 3.05) is 26.2 Å². The van der Waals surface area contributed by atoms with Gasteiger partial charge in [0.2, 0.25) is 5.91 Å². The molecule has 20 heavy (non-hydrogen) atoms. The molecule has 1 fully saturated rings. The second-order valence-corrected chi connectivity index (χ2v) is 6.29. The number of carbonyl (C=O) groups is 2. The molecule has 5 nitrogen and oxygen atoms in total. The third kappa shape index (κ3) is 4.78. The van der Waals surface area contributed by atoms with Gasteiger partial charge >= 0.3 is 5.97 Å². The van der Waals surface area contributed by atoms with Crippen molar-refractivity contribution in [2.45, 2.75) is 46.5 Å². The maximum absolute atomic E-state index is 11.9. The van der Waals surface area contributed by atoms with E-state index in [9.17, 15) is 14.7 Å². The summed E-state index contributed by atoms with van der Waals surface area (Å²) in [6, 6.07) is 0. The molecule has 0 spiro atoms. The first-order valence-electron chi connectivity index (χ1n) is 7.62. The maximum atomic E-state index is 11.9. The predicted octanol–water partition coefficient (Wildman–Crippen LogP) is 1.73. The number of amides is 1. The number of piperidine rings is 1. The minimum atomic E-state index is -0.732. The fourth-order valence-corrected chi connectivity index (χ4v) is 2.74. The largest absolute Gasteiger partial charge is 0.481 e. The highest BCUT2D eigenvalue weighted by molar-refractivity contribution is 5.78. The lowest BCUT2D eigenvalue weighted by atomic mass is 9.77. The number of rotatable bonds is 7. The number of nitrogens with zero attached hydrogens (tertiary/aromatic N) is 1. The van der Waals surface area contributed by atoms with Gasteiger partial charge in [-0.05, 0) is 38.1 Å². The van der Waals surface area contributed by atoms with E-state index in [2.05, 4.69) is 19.2 Å². The molecule has 5 heteroatoms. The van der Waals surface area contributed by atoms with Crippen molar-refractivity contribution in [3.8, 4) is 0 Å². The Balaban J connectivity index is 2.43. The summed E-state index contributed by atoms with van der Waals surface area (Å²) in [4.78, 5) is 25.3. The number of likely N-dealkylation sites (tertiary alicyclic amines) is 1. The van der Waals surface area contributed by atoms with Gasteiger partial charge in [0.1, 0.15) is 0 Å². The number of nitrogens with one attached hydrogen (secondary N) is 1. The van der Waals surface area contributed by atoms with Crippen LogP contribution < -0.4 is 5.32 Å². The van der Waals surface area contributed by atoms with Gasteiger partial charge in [0, 0.05) is 13.1 Å². The first-order chi connectivity index (χ1) is 9.39. The molecule has 1 rings (SSSR count). The number of hydrogen-bond acceptors (Lipinski definition) is 3. The second kappa shape index (κ2) is 7.62. The highest BCUT2D eigenvalue weighted by Crippen LogP contribution is 2.33. The highest BCUT2D eigenvalue weighted by Gasteiger charge is 2.40. The van der Waals surface area contributed by atoms with Crippen LogP contribution in [0.25, 0.3) is 0 Å². The van der Waals surface area contributed by atoms with E-state index in [4.69, 9.17) is 0 Å². The molecule has 0 aliphatic carbocycles. The van der Waals surface area contributed by atoms with Crippen LogP contribution in [0.2, 0.25) is 0 Å². The summed E-state index contributed by atoms with van der Waals surface area (Å²) in [6.07, 6.45) is 3.15. The van der Waals surface area contributed by atoms with Crippen LogP contribution >= 0.6 is 0 Å². The van der Waals surface area contributed by atoms with E-state index in [1.54, 1.807) is 0 Å². The topological polar surface area (TPSA) is 69.6 Å². The van der Waals surface area contributed by atoms with E-state index in [-0.39, 0.29) is 5.91 Å². The molecule has 0 saturated carbocycles. The predicted molar refractivity (Wildman–Crippen MR) is 78.5 cm³/mol. The first-order valence-corrected chi connectivity index (χ1v) is 7.62. The molecule has 116 valence electrons. The van der Waals surface area contributed by atoms with Gasteiger partial charge in [0.25, 0.3) is 0 Å². The van der Waals surface area contributed by atoms with Gasteiger partial charge in [-0.1, -0.05) is 20.8 Å². The molecule has 0 aromatic carbocycles. The molecule has 2 N–H and O–H groups in total. The quantitative estimate of drug-likeness (QED) is 0.747. The molecule has 1 unspecified atom stereocenters. The fraction of sp³-hybridized carbons (Fsp3) is 0.867. The van der Waals surface area contributed by atoms with Crippen LogP contribution in [0.15, 0.2) is 0 Å². The molecule has 1 saturated heterocycles. The van der Waals surface area contributed by atoms with Gasteiger partial charge in [-0.2, -0.15) is 0 Å². The van der Waals surface area contributed by atoms with E-state index in [0.717, 1.165) is 19.4 Å². The van der Waals surface area contributed by atoms with Gasteiger partial charge in [-0.15, -0.1) is 0 Å². The molecule has 0 aromatic rings. The van der Waals surface area contributed by atoms with Crippen LogP contribution in [0.5, 0.6) is 0 Å². The average molecular weight is 284 g/mol. The second-order valence-electron chi connectivity index (χ2n) is 6.29. The molecule has 0 radical (unpaired) electrons. The van der Waals surface area contributed by atoms with E-state index in [0.29, 0.717) is 38.4 Å². The van der Waals surface area contributed by atoms with Crippen LogP contribution in [0.1, 0.15) is 46.5 Å². The molecular weight excluding hydrogens is 256 g/mol. The van der Waals surface area contributed by atoms with Crippen molar-refractivity contribution in [1.82, 2.24) is 10.2 Å². The summed E-state index contributed by atoms with van der Waals surface area (Å²) < 4.78 is 0. The Morgan fingerprint density at radius 1 is 1.40 bits per heavy atom. The van der Waals surface area contributed by atoms with Crippen molar-refractivity contribution >= 4 is 11.9 Å². The zero-order valence-electron chi connectivity index (χ0n) is 12.9. The van der Waals surface area contributed by atoms with Crippen LogP contribution in [0, 0.1) is 11.3 Å². The Bertz CT molecular complexity index is 344. The SMILES string of the molecule is CCC1(C(=O)O)CCCN(CC(=O)NCCC(C)C)C1. The number of aliphatic carboxylic acids is 1. The Kier molecular flexibility index (Phi) is 6.46. The summed E-state index contributed by atoms with van der Waals surface area (Å²) in [6.45, 7) is 8.47. The first kappa shape index (κ1) is 17.0. The summed E-state index contributed by atoms with van der Waals surface area (Å²) in [7, 11) is 0. The number of hydrogen-bond donors (Lipinski definition) is 2. The summed E-state index contributed by atoms with van der Waals surface area (Å²) in [5, 5.41) is 12.3. The Morgan fingerprint density at radius 3 is 2.65 bits per heavy atom. The molecule has 0 aromatic heterocycles. The summed E-state index contributed by atoms with van der Waals surface area (Å²) in [5.41, 5.74) is -0.670. The van der Waals surface area contributed by atoms with Gasteiger partial charge in [0.05, 0.1) is 12.0 Å². The molecule has 1 amide bonds. The van der Waals surface area contributed by atoms with Crippen molar-refractivity contribution in [3.63, 3.8) is 0 Å². The lowest BCUT2D eigenvalue weighted by Gasteiger charge is -2.39. The van der Waals surface area contributed by atoms with E-state index >= 15 is 0 Å². The monoisotopic (exact) mass is 284 g/mol. The lowest BCUT2D eigenvalue weighted by molar-refractivity contribution is -0.153. The molecular formula is C15H28N2O3. The molecule has 1 atom stereocenters. The Hall–Kier alpha value is -1.10. The van der Waals surface area contributed by atoms with E-state index in [1.807, 2.05) is 11.8 Å². The highest BCUT2D eigenvalue weighted by atomic mass is 16.4. The van der Waals surface area contributed by atoms with Crippen LogP contribution in [-0.4, -0.2) is 48.1 Å². The summed E-state index contributed by atoms with van der Waals surface area (Å²) in [5.74, 6) is -0.155. The standard InChI is InChI=1S/C15H28N2O3/c1-4-15(14(19)20)7-5-9-17(11-15)10-13(18)16-8-6-12(2)3/h12H,4-11H2,1-3H3,(H,16,18)(H,19,20). The van der Waals surface area contributed by atoms with E-state index in [1.165, 1.54) is 0 Å². The Morgan fingerprint density at radius 2 is 2.10 bits per heavy atom. The third-order valence-electron chi connectivity index (χ3n) is 4.20. The zero-order chi connectivity index (χ0) is 15.2. The van der Waals surface area contributed by atoms with Gasteiger partial charge in [-0.25, -0.2) is 0 Å². The fourth-order valence-electron chi connectivity index (χ4n) is 2.74. The lowest BCUT2D eigenvalue weighted by Crippen LogP contribution is -2.50. The number of carboxylic acid groups (broad SMARTS) is 1. The molecule has 1 heterocycles. The van der Waals surface area contributed by atoms with Gasteiger partial charge in [-0.3, -0.25) is 14.5 Å². The third-order valence-corrected chi connectivity index (χ3v) is 4.20. The minimum absolute atomic E-state index is 0.00272. The van der Waals surface area contributed by atoms with Crippen molar-refractivity contribution in [1.29, 1.82) is 0 Å². The zero-order valence-corrected chi connectivity index (χ0v) is 12.9. The van der Waals surface area contributed by atoms with Gasteiger partial charge in [0.15, 0.2) is 0 Å². The van der Waals surface area contributed by atoms with Crippen LogP contribution in [0.4, 0.5) is 0 Å². The summed E-state index contributed by atoms with van der Waals surface area (Å²) >= 11 is 0. The molecule has 0 bridgehead atoms. The molecule has 1 aliphatic heterocycles. The molecule has 1 aliphatic rings. The maximum Gasteiger partial charge on any atom is 0.310 e. The smallest absolute Gasteiger partial charge is 0.310 e. The van der Waals surface area contributed by atoms with Crippen molar-refractivity contribution in [3.05, 3.63) is 0 Å².